The first-order chi connectivity index (χ1) is 10.6. The number of hydrogen-bond donors (Lipinski definition) is 0. The number of carboxylic acids is 2. The van der Waals surface area contributed by atoms with Crippen molar-refractivity contribution in [3.05, 3.63) is 83.9 Å². The largest absolute Gasteiger partial charge is 2.00 e. The SMILES string of the molecule is O=C([O-])/C=C/c1ccccc1.O=C([O-])/C=C/c1ccccc1.[Mg+2]. The molecule has 112 valence electrons. The van der Waals surface area contributed by atoms with Crippen LogP contribution in [0.25, 0.3) is 12.2 Å². The fourth-order valence-electron chi connectivity index (χ4n) is 1.46. The smallest absolute Gasteiger partial charge is 0.545 e. The predicted molar refractivity (Wildman–Crippen MR) is 86.7 cm³/mol. The second-order valence-corrected chi connectivity index (χ2v) is 4.13. The third-order valence-electron chi connectivity index (χ3n) is 2.42. The van der Waals surface area contributed by atoms with Crippen molar-refractivity contribution in [2.24, 2.45) is 0 Å². The molecule has 0 spiro atoms. The van der Waals surface area contributed by atoms with E-state index in [-0.39, 0.29) is 23.1 Å². The van der Waals surface area contributed by atoms with Crippen molar-refractivity contribution in [1.82, 2.24) is 0 Å². The number of carboxylic acid groups (broad SMARTS) is 2. The first kappa shape index (κ1) is 20.6. The average Bonchev–Trinajstić information content (AvgIpc) is 2.53. The topological polar surface area (TPSA) is 80.3 Å². The summed E-state index contributed by atoms with van der Waals surface area (Å²) in [6, 6.07) is 18.4. The summed E-state index contributed by atoms with van der Waals surface area (Å²) in [5.41, 5.74) is 1.72. The molecule has 0 bridgehead atoms. The fourth-order valence-corrected chi connectivity index (χ4v) is 1.46. The van der Waals surface area contributed by atoms with E-state index in [0.29, 0.717) is 0 Å². The van der Waals surface area contributed by atoms with Crippen molar-refractivity contribution >= 4 is 47.1 Å². The molecular formula is C18H14MgO4. The minimum Gasteiger partial charge on any atom is -0.545 e. The van der Waals surface area contributed by atoms with Crippen LogP contribution in [0.3, 0.4) is 0 Å². The normalized spacial score (nSPS) is 9.74. The van der Waals surface area contributed by atoms with Gasteiger partial charge in [-0.1, -0.05) is 72.8 Å². The van der Waals surface area contributed by atoms with Crippen molar-refractivity contribution in [3.63, 3.8) is 0 Å². The van der Waals surface area contributed by atoms with E-state index in [1.165, 1.54) is 12.2 Å². The Kier molecular flexibility index (Phi) is 10.9. The molecule has 0 aliphatic heterocycles. The molecule has 0 heterocycles. The molecule has 0 aliphatic carbocycles. The zero-order chi connectivity index (χ0) is 16.2. The van der Waals surface area contributed by atoms with Crippen LogP contribution in [-0.4, -0.2) is 35.0 Å². The summed E-state index contributed by atoms with van der Waals surface area (Å²) >= 11 is 0. The van der Waals surface area contributed by atoms with Crippen LogP contribution in [0, 0.1) is 0 Å². The molecule has 23 heavy (non-hydrogen) atoms. The molecule has 0 radical (unpaired) electrons. The van der Waals surface area contributed by atoms with E-state index in [4.69, 9.17) is 0 Å². The van der Waals surface area contributed by atoms with Crippen LogP contribution in [0.15, 0.2) is 72.8 Å². The minimum absolute atomic E-state index is 0. The Morgan fingerprint density at radius 2 is 0.957 bits per heavy atom. The van der Waals surface area contributed by atoms with Gasteiger partial charge in [0.25, 0.3) is 0 Å². The summed E-state index contributed by atoms with van der Waals surface area (Å²) in [7, 11) is 0. The Bertz CT molecular complexity index is 590. The van der Waals surface area contributed by atoms with Crippen LogP contribution in [0.1, 0.15) is 11.1 Å². The molecule has 4 nitrogen and oxygen atoms in total. The van der Waals surface area contributed by atoms with E-state index in [9.17, 15) is 19.8 Å². The Morgan fingerprint density at radius 1 is 0.652 bits per heavy atom. The van der Waals surface area contributed by atoms with Gasteiger partial charge in [0.05, 0.1) is 11.9 Å². The third-order valence-corrected chi connectivity index (χ3v) is 2.42. The summed E-state index contributed by atoms with van der Waals surface area (Å²) in [6.07, 6.45) is 5.01. The number of carbonyl (C=O) groups excluding carboxylic acids is 2. The summed E-state index contributed by atoms with van der Waals surface area (Å²) in [5.74, 6) is -2.34. The van der Waals surface area contributed by atoms with Crippen LogP contribution in [0.4, 0.5) is 0 Å². The standard InChI is InChI=1S/2C9H8O2.Mg/c2*10-9(11)7-6-8-4-2-1-3-5-8;/h2*1-7H,(H,10,11);/q;;+2/p-2/b2*7-6+;. The van der Waals surface area contributed by atoms with Gasteiger partial charge in [-0.15, -0.1) is 0 Å². The molecule has 2 aromatic rings. The van der Waals surface area contributed by atoms with Crippen molar-refractivity contribution in [3.8, 4) is 0 Å². The van der Waals surface area contributed by atoms with Crippen molar-refractivity contribution in [1.29, 1.82) is 0 Å². The summed E-state index contributed by atoms with van der Waals surface area (Å²) in [5, 5.41) is 19.9. The fraction of sp³-hybridized carbons (Fsp3) is 0. The Hall–Kier alpha value is -2.37. The molecule has 0 aliphatic rings. The van der Waals surface area contributed by atoms with Crippen molar-refractivity contribution < 1.29 is 19.8 Å². The monoisotopic (exact) mass is 318 g/mol. The van der Waals surface area contributed by atoms with Crippen LogP contribution < -0.4 is 10.2 Å². The van der Waals surface area contributed by atoms with Gasteiger partial charge in [0, 0.05) is 0 Å². The second kappa shape index (κ2) is 12.2. The zero-order valence-corrected chi connectivity index (χ0v) is 13.8. The van der Waals surface area contributed by atoms with Crippen LogP contribution in [-0.2, 0) is 9.59 Å². The average molecular weight is 319 g/mol. The van der Waals surface area contributed by atoms with Gasteiger partial charge >= 0.3 is 23.1 Å². The van der Waals surface area contributed by atoms with E-state index in [1.807, 2.05) is 60.7 Å². The number of hydrogen-bond acceptors (Lipinski definition) is 4. The molecule has 0 aromatic heterocycles. The second-order valence-electron chi connectivity index (χ2n) is 4.13. The van der Waals surface area contributed by atoms with Crippen LogP contribution >= 0.6 is 0 Å². The minimum atomic E-state index is -1.17. The number of rotatable bonds is 4. The molecule has 0 saturated heterocycles. The number of aliphatic carboxylic acids is 2. The summed E-state index contributed by atoms with van der Waals surface area (Å²) in [4.78, 5) is 19.9. The molecule has 0 amide bonds. The molecule has 0 N–H and O–H groups in total. The Balaban J connectivity index is 0.000000403. The molecule has 5 heteroatoms. The van der Waals surface area contributed by atoms with Gasteiger partial charge in [-0.05, 0) is 23.3 Å². The van der Waals surface area contributed by atoms with Crippen molar-refractivity contribution in [2.75, 3.05) is 0 Å². The van der Waals surface area contributed by atoms with Gasteiger partial charge < -0.3 is 19.8 Å². The van der Waals surface area contributed by atoms with E-state index >= 15 is 0 Å². The predicted octanol–water partition coefficient (Wildman–Crippen LogP) is 0.519. The maximum absolute atomic E-state index is 9.97. The molecule has 0 saturated carbocycles. The Labute approximate surface area is 150 Å². The van der Waals surface area contributed by atoms with E-state index in [1.54, 1.807) is 0 Å². The molecule has 0 unspecified atom stereocenters. The molecule has 2 aromatic carbocycles. The van der Waals surface area contributed by atoms with Gasteiger partial charge in [-0.25, -0.2) is 0 Å². The quantitative estimate of drug-likeness (QED) is 0.608. The number of carbonyl (C=O) groups is 2. The maximum Gasteiger partial charge on any atom is 2.00 e. The van der Waals surface area contributed by atoms with E-state index in [0.717, 1.165) is 23.3 Å². The van der Waals surface area contributed by atoms with Gasteiger partial charge in [-0.3, -0.25) is 0 Å². The summed E-state index contributed by atoms with van der Waals surface area (Å²) < 4.78 is 0. The molecule has 2 rings (SSSR count). The third kappa shape index (κ3) is 10.9. The van der Waals surface area contributed by atoms with Gasteiger partial charge in [-0.2, -0.15) is 0 Å². The molecule has 0 atom stereocenters. The van der Waals surface area contributed by atoms with Crippen LogP contribution in [0.2, 0.25) is 0 Å². The van der Waals surface area contributed by atoms with Gasteiger partial charge in [0.15, 0.2) is 0 Å². The van der Waals surface area contributed by atoms with E-state index in [2.05, 4.69) is 0 Å². The molecule has 0 fully saturated rings. The van der Waals surface area contributed by atoms with Crippen molar-refractivity contribution in [2.45, 2.75) is 0 Å². The van der Waals surface area contributed by atoms with Gasteiger partial charge in [0.2, 0.25) is 0 Å². The van der Waals surface area contributed by atoms with Crippen LogP contribution in [0.5, 0.6) is 0 Å². The maximum atomic E-state index is 9.97. The summed E-state index contributed by atoms with van der Waals surface area (Å²) in [6.45, 7) is 0. The van der Waals surface area contributed by atoms with E-state index < -0.39 is 11.9 Å². The first-order valence-corrected chi connectivity index (χ1v) is 6.46. The number of benzene rings is 2. The first-order valence-electron chi connectivity index (χ1n) is 6.46. The Morgan fingerprint density at radius 3 is 1.22 bits per heavy atom. The van der Waals surface area contributed by atoms with Gasteiger partial charge in [0.1, 0.15) is 0 Å². The molecular weight excluding hydrogens is 304 g/mol. The zero-order valence-electron chi connectivity index (χ0n) is 12.4.